The van der Waals surface area contributed by atoms with Crippen molar-refractivity contribution in [1.29, 1.82) is 0 Å². The van der Waals surface area contributed by atoms with Gasteiger partial charge >= 0.3 is 6.61 Å². The Morgan fingerprint density at radius 1 is 0.931 bits per heavy atom. The molecule has 0 aliphatic carbocycles. The molecule has 1 N–H and O–H groups in total. The van der Waals surface area contributed by atoms with Crippen LogP contribution >= 0.6 is 0 Å². The molecule has 0 unspecified atom stereocenters. The summed E-state index contributed by atoms with van der Waals surface area (Å²) in [5.41, 5.74) is 2.56. The van der Waals surface area contributed by atoms with E-state index in [1.807, 2.05) is 0 Å². The van der Waals surface area contributed by atoms with Crippen LogP contribution in [0, 0.1) is 24.5 Å². The zero-order valence-electron chi connectivity index (χ0n) is 15.2. The van der Waals surface area contributed by atoms with E-state index in [4.69, 9.17) is 5.11 Å². The first-order valence-electron chi connectivity index (χ1n) is 8.37. The molecule has 0 fully saturated rings. The van der Waals surface area contributed by atoms with E-state index >= 15 is 0 Å². The van der Waals surface area contributed by atoms with Gasteiger partial charge in [-0.3, -0.25) is 4.98 Å². The maximum atomic E-state index is 13.6. The van der Waals surface area contributed by atoms with E-state index in [0.29, 0.717) is 12.1 Å². The molecule has 0 bridgehead atoms. The van der Waals surface area contributed by atoms with Crippen LogP contribution in [0.4, 0.5) is 17.6 Å². The third-order valence-electron chi connectivity index (χ3n) is 3.95. The largest absolute Gasteiger partial charge is 0.434 e. The van der Waals surface area contributed by atoms with Gasteiger partial charge in [0.05, 0.1) is 12.3 Å². The molecular formula is C22H17F4NO2. The molecule has 3 rings (SSSR count). The van der Waals surface area contributed by atoms with Crippen LogP contribution in [-0.2, 0) is 13.0 Å². The molecule has 29 heavy (non-hydrogen) atoms. The first-order chi connectivity index (χ1) is 14.0. The number of alkyl halides is 2. The lowest BCUT2D eigenvalue weighted by molar-refractivity contribution is -0.0494. The highest BCUT2D eigenvalue weighted by Gasteiger charge is 2.14. The van der Waals surface area contributed by atoms with Crippen LogP contribution in [0.25, 0.3) is 11.1 Å². The highest BCUT2D eigenvalue weighted by atomic mass is 19.3. The topological polar surface area (TPSA) is 42.4 Å². The Kier molecular flexibility index (Phi) is 7.75. The van der Waals surface area contributed by atoms with E-state index in [0.717, 1.165) is 23.3 Å². The van der Waals surface area contributed by atoms with Gasteiger partial charge < -0.3 is 9.84 Å². The molecule has 2 aromatic carbocycles. The van der Waals surface area contributed by atoms with Crippen molar-refractivity contribution in [2.24, 2.45) is 0 Å². The van der Waals surface area contributed by atoms with Gasteiger partial charge in [0.25, 0.3) is 0 Å². The molecule has 0 aliphatic rings. The summed E-state index contributed by atoms with van der Waals surface area (Å²) in [6.07, 6.45) is 10.0. The number of ether oxygens (including phenoxy) is 1. The number of nitrogens with zero attached hydrogens (tertiary/aromatic N) is 1. The number of hydrogen-bond donors (Lipinski definition) is 1. The van der Waals surface area contributed by atoms with Crippen LogP contribution in [0.2, 0.25) is 0 Å². The van der Waals surface area contributed by atoms with Crippen molar-refractivity contribution in [2.75, 3.05) is 0 Å². The Morgan fingerprint density at radius 3 is 2.24 bits per heavy atom. The molecule has 0 atom stereocenters. The number of hydrogen-bond acceptors (Lipinski definition) is 3. The molecule has 1 aromatic heterocycles. The number of pyridine rings is 1. The number of aromatic nitrogens is 1. The third kappa shape index (κ3) is 5.80. The van der Waals surface area contributed by atoms with Crippen molar-refractivity contribution in [1.82, 2.24) is 4.98 Å². The predicted octanol–water partition coefficient (Wildman–Crippen LogP) is 4.96. The summed E-state index contributed by atoms with van der Waals surface area (Å²) < 4.78 is 56.7. The molecule has 1 heterocycles. The summed E-state index contributed by atoms with van der Waals surface area (Å²) in [6, 6.07) is 11.2. The van der Waals surface area contributed by atoms with Crippen molar-refractivity contribution in [3.05, 3.63) is 83.2 Å². The highest BCUT2D eigenvalue weighted by molar-refractivity contribution is 5.71. The maximum absolute atomic E-state index is 13.6. The molecule has 0 radical (unpaired) electrons. The number of terminal acetylenes is 1. The van der Waals surface area contributed by atoms with E-state index in [-0.39, 0.29) is 23.5 Å². The summed E-state index contributed by atoms with van der Waals surface area (Å²) in [5.74, 6) is -2.24. The fourth-order valence-corrected chi connectivity index (χ4v) is 2.66. The zero-order chi connectivity index (χ0) is 21.4. The lowest BCUT2D eigenvalue weighted by Crippen LogP contribution is -2.04. The van der Waals surface area contributed by atoms with Crippen molar-refractivity contribution >= 4 is 0 Å². The number of aliphatic hydroxyl groups is 1. The lowest BCUT2D eigenvalue weighted by Gasteiger charge is -2.13. The Labute approximate surface area is 165 Å². The lowest BCUT2D eigenvalue weighted by atomic mass is 9.98. The minimum absolute atomic E-state index is 0.131. The van der Waals surface area contributed by atoms with Gasteiger partial charge in [0.1, 0.15) is 5.75 Å². The molecule has 0 saturated heterocycles. The van der Waals surface area contributed by atoms with Crippen molar-refractivity contribution < 1.29 is 27.4 Å². The van der Waals surface area contributed by atoms with Crippen LogP contribution < -0.4 is 4.74 Å². The Hall–Kier alpha value is -3.37. The van der Waals surface area contributed by atoms with Gasteiger partial charge in [-0.1, -0.05) is 18.2 Å². The summed E-state index contributed by atoms with van der Waals surface area (Å²) in [6.45, 7) is -3.21. The van der Waals surface area contributed by atoms with E-state index in [1.165, 1.54) is 12.1 Å². The van der Waals surface area contributed by atoms with Crippen LogP contribution in [0.5, 0.6) is 5.75 Å². The van der Waals surface area contributed by atoms with Crippen LogP contribution in [-0.4, -0.2) is 16.7 Å². The molecule has 0 saturated carbocycles. The first kappa shape index (κ1) is 21.9. The van der Waals surface area contributed by atoms with Crippen molar-refractivity contribution in [3.63, 3.8) is 0 Å². The van der Waals surface area contributed by atoms with Gasteiger partial charge in [-0.2, -0.15) is 8.78 Å². The summed E-state index contributed by atoms with van der Waals surface area (Å²) in [7, 11) is 0. The number of rotatable bonds is 6. The quantitative estimate of drug-likeness (QED) is 0.467. The maximum Gasteiger partial charge on any atom is 0.387 e. The standard InChI is InChI=1S/C20H15F4NO2.C2H2/c21-17-5-3-14(9-18(17)22)16-8-12(2-6-19(16)27-20(23)24)7-13-1-4-15(11-26)25-10-13;1-2/h1-6,8-10,20,26H,7,11H2;1-2H. The average Bonchev–Trinajstić information content (AvgIpc) is 2.73. The van der Waals surface area contributed by atoms with E-state index < -0.39 is 18.2 Å². The molecule has 3 nitrogen and oxygen atoms in total. The average molecular weight is 403 g/mol. The Morgan fingerprint density at radius 2 is 1.66 bits per heavy atom. The van der Waals surface area contributed by atoms with E-state index in [2.05, 4.69) is 22.6 Å². The first-order valence-corrected chi connectivity index (χ1v) is 8.37. The molecular weight excluding hydrogens is 386 g/mol. The second kappa shape index (κ2) is 10.2. The second-order valence-electron chi connectivity index (χ2n) is 5.83. The zero-order valence-corrected chi connectivity index (χ0v) is 15.2. The van der Waals surface area contributed by atoms with Crippen LogP contribution in [0.3, 0.4) is 0 Å². The third-order valence-corrected chi connectivity index (χ3v) is 3.95. The summed E-state index contributed by atoms with van der Waals surface area (Å²) >= 11 is 0. The summed E-state index contributed by atoms with van der Waals surface area (Å²) in [4.78, 5) is 4.09. The van der Waals surface area contributed by atoms with Gasteiger partial charge in [0, 0.05) is 11.8 Å². The Balaban J connectivity index is 0.00000145. The van der Waals surface area contributed by atoms with Crippen LogP contribution in [0.1, 0.15) is 16.8 Å². The van der Waals surface area contributed by atoms with Crippen molar-refractivity contribution in [2.45, 2.75) is 19.6 Å². The predicted molar refractivity (Wildman–Crippen MR) is 101 cm³/mol. The van der Waals surface area contributed by atoms with E-state index in [1.54, 1.807) is 30.5 Å². The van der Waals surface area contributed by atoms with Crippen molar-refractivity contribution in [3.8, 4) is 29.7 Å². The smallest absolute Gasteiger partial charge is 0.387 e. The fourth-order valence-electron chi connectivity index (χ4n) is 2.66. The fraction of sp³-hybridized carbons (Fsp3) is 0.136. The van der Waals surface area contributed by atoms with Gasteiger partial charge in [0.2, 0.25) is 0 Å². The number of halogens is 4. The van der Waals surface area contributed by atoms with E-state index in [9.17, 15) is 17.6 Å². The molecule has 0 spiro atoms. The van der Waals surface area contributed by atoms with Gasteiger partial charge in [-0.05, 0) is 53.4 Å². The molecule has 7 heteroatoms. The molecule has 0 amide bonds. The normalized spacial score (nSPS) is 10.3. The minimum atomic E-state index is -3.05. The highest BCUT2D eigenvalue weighted by Crippen LogP contribution is 2.33. The number of benzene rings is 2. The minimum Gasteiger partial charge on any atom is -0.434 e. The van der Waals surface area contributed by atoms with Crippen LogP contribution in [0.15, 0.2) is 54.7 Å². The SMILES string of the molecule is C#C.OCc1ccc(Cc2ccc(OC(F)F)c(-c3ccc(F)c(F)c3)c2)cn1. The molecule has 0 aliphatic heterocycles. The van der Waals surface area contributed by atoms with Gasteiger partial charge in [0.15, 0.2) is 11.6 Å². The summed E-state index contributed by atoms with van der Waals surface area (Å²) in [5, 5.41) is 9.03. The Bertz CT molecular complexity index is 972. The molecule has 150 valence electrons. The second-order valence-corrected chi connectivity index (χ2v) is 5.83. The molecule has 3 aromatic rings. The monoisotopic (exact) mass is 403 g/mol. The number of aliphatic hydroxyl groups excluding tert-OH is 1. The van der Waals surface area contributed by atoms with Gasteiger partial charge in [-0.15, -0.1) is 12.8 Å². The van der Waals surface area contributed by atoms with Gasteiger partial charge in [-0.25, -0.2) is 8.78 Å².